The number of hydrogen-bond donors (Lipinski definition) is 1. The van der Waals surface area contributed by atoms with E-state index < -0.39 is 0 Å². The topological polar surface area (TPSA) is 66.5 Å². The molecule has 6 heteroatoms. The SMILES string of the molecule is Cc1ccccc1CSCCNC(=O)CCCN1C(=O)c2ccccc2C1=O. The highest BCUT2D eigenvalue weighted by Crippen LogP contribution is 2.22. The van der Waals surface area contributed by atoms with Gasteiger partial charge in [0.15, 0.2) is 0 Å². The molecule has 0 saturated heterocycles. The highest BCUT2D eigenvalue weighted by molar-refractivity contribution is 7.98. The number of carbonyl (C=O) groups is 3. The second-order valence-electron chi connectivity index (χ2n) is 6.74. The van der Waals surface area contributed by atoms with E-state index in [2.05, 4.69) is 24.4 Å². The molecule has 0 aliphatic carbocycles. The van der Waals surface area contributed by atoms with E-state index in [1.54, 1.807) is 36.0 Å². The van der Waals surface area contributed by atoms with Gasteiger partial charge in [-0.3, -0.25) is 19.3 Å². The predicted octanol–water partition coefficient (Wildman–Crippen LogP) is 3.42. The minimum atomic E-state index is -0.270. The number of carbonyl (C=O) groups excluding carboxylic acids is 3. The Balaban J connectivity index is 1.32. The lowest BCUT2D eigenvalue weighted by Crippen LogP contribution is -2.32. The van der Waals surface area contributed by atoms with Crippen molar-refractivity contribution in [2.24, 2.45) is 0 Å². The normalized spacial score (nSPS) is 13.0. The largest absolute Gasteiger partial charge is 0.355 e. The zero-order valence-electron chi connectivity index (χ0n) is 15.9. The third-order valence-electron chi connectivity index (χ3n) is 4.75. The zero-order valence-corrected chi connectivity index (χ0v) is 16.8. The highest BCUT2D eigenvalue weighted by Gasteiger charge is 2.34. The van der Waals surface area contributed by atoms with Crippen LogP contribution in [0, 0.1) is 6.92 Å². The molecule has 0 unspecified atom stereocenters. The summed E-state index contributed by atoms with van der Waals surface area (Å²) >= 11 is 1.79. The molecule has 146 valence electrons. The molecule has 1 N–H and O–H groups in total. The maximum absolute atomic E-state index is 12.3. The minimum absolute atomic E-state index is 0.0481. The van der Waals surface area contributed by atoms with Crippen LogP contribution in [0.3, 0.4) is 0 Å². The summed E-state index contributed by atoms with van der Waals surface area (Å²) in [6.07, 6.45) is 0.767. The number of nitrogens with one attached hydrogen (secondary N) is 1. The van der Waals surface area contributed by atoms with Gasteiger partial charge in [-0.2, -0.15) is 11.8 Å². The van der Waals surface area contributed by atoms with Crippen LogP contribution in [0.15, 0.2) is 48.5 Å². The fraction of sp³-hybridized carbons (Fsp3) is 0.318. The molecule has 1 aliphatic rings. The lowest BCUT2D eigenvalue weighted by Gasteiger charge is -2.13. The molecule has 0 spiro atoms. The van der Waals surface area contributed by atoms with Crippen LogP contribution >= 0.6 is 11.8 Å². The van der Waals surface area contributed by atoms with Gasteiger partial charge < -0.3 is 5.32 Å². The number of thioether (sulfide) groups is 1. The molecule has 0 bridgehead atoms. The second-order valence-corrected chi connectivity index (χ2v) is 7.85. The minimum Gasteiger partial charge on any atom is -0.355 e. The van der Waals surface area contributed by atoms with Crippen LogP contribution in [-0.4, -0.2) is 41.5 Å². The molecule has 1 heterocycles. The van der Waals surface area contributed by atoms with Crippen molar-refractivity contribution in [1.29, 1.82) is 0 Å². The first-order chi connectivity index (χ1) is 13.6. The van der Waals surface area contributed by atoms with Gasteiger partial charge in [0.05, 0.1) is 11.1 Å². The molecule has 0 aromatic heterocycles. The summed E-state index contributed by atoms with van der Waals surface area (Å²) in [5, 5.41) is 2.90. The van der Waals surface area contributed by atoms with Crippen LogP contribution in [0.4, 0.5) is 0 Å². The average Bonchev–Trinajstić information content (AvgIpc) is 2.94. The molecule has 28 heavy (non-hydrogen) atoms. The Morgan fingerprint density at radius 3 is 2.32 bits per heavy atom. The summed E-state index contributed by atoms with van der Waals surface area (Å²) < 4.78 is 0. The molecular weight excluding hydrogens is 372 g/mol. The van der Waals surface area contributed by atoms with E-state index in [0.29, 0.717) is 30.5 Å². The number of imide groups is 1. The summed E-state index contributed by atoms with van der Waals surface area (Å²) in [6.45, 7) is 2.98. The van der Waals surface area contributed by atoms with Gasteiger partial charge in [0, 0.05) is 31.0 Å². The molecule has 0 radical (unpaired) electrons. The Hall–Kier alpha value is -2.60. The Morgan fingerprint density at radius 2 is 1.64 bits per heavy atom. The zero-order chi connectivity index (χ0) is 19.9. The first-order valence-corrected chi connectivity index (χ1v) is 10.6. The van der Waals surface area contributed by atoms with Gasteiger partial charge in [0.25, 0.3) is 11.8 Å². The number of nitrogens with zero attached hydrogens (tertiary/aromatic N) is 1. The number of rotatable bonds is 9. The second kappa shape index (κ2) is 9.55. The van der Waals surface area contributed by atoms with Gasteiger partial charge in [-0.15, -0.1) is 0 Å². The van der Waals surface area contributed by atoms with Crippen molar-refractivity contribution < 1.29 is 14.4 Å². The fourth-order valence-electron chi connectivity index (χ4n) is 3.15. The summed E-state index contributed by atoms with van der Waals surface area (Å²) in [7, 11) is 0. The Labute approximate surface area is 169 Å². The maximum Gasteiger partial charge on any atom is 0.261 e. The number of benzene rings is 2. The number of hydrogen-bond acceptors (Lipinski definition) is 4. The quantitative estimate of drug-likeness (QED) is 0.521. The van der Waals surface area contributed by atoms with Crippen molar-refractivity contribution >= 4 is 29.5 Å². The smallest absolute Gasteiger partial charge is 0.261 e. The average molecular weight is 397 g/mol. The summed E-state index contributed by atoms with van der Waals surface area (Å²) in [5.41, 5.74) is 3.50. The van der Waals surface area contributed by atoms with Crippen LogP contribution in [0.25, 0.3) is 0 Å². The van der Waals surface area contributed by atoms with Crippen LogP contribution in [0.2, 0.25) is 0 Å². The van der Waals surface area contributed by atoms with Crippen molar-refractivity contribution in [2.45, 2.75) is 25.5 Å². The summed E-state index contributed by atoms with van der Waals surface area (Å²) in [4.78, 5) is 37.7. The molecular formula is C22H24N2O3S. The van der Waals surface area contributed by atoms with Crippen molar-refractivity contribution in [3.8, 4) is 0 Å². The van der Waals surface area contributed by atoms with Gasteiger partial charge in [0.2, 0.25) is 5.91 Å². The summed E-state index contributed by atoms with van der Waals surface area (Å²) in [5.74, 6) is 1.19. The molecule has 5 nitrogen and oxygen atoms in total. The van der Waals surface area contributed by atoms with E-state index in [4.69, 9.17) is 0 Å². The van der Waals surface area contributed by atoms with E-state index in [0.717, 1.165) is 11.5 Å². The molecule has 3 amide bonds. The number of amides is 3. The molecule has 0 atom stereocenters. The number of fused-ring (bicyclic) bond motifs is 1. The standard InChI is InChI=1S/C22H24N2O3S/c1-16-7-2-3-8-17(16)15-28-14-12-23-20(25)11-6-13-24-21(26)18-9-4-5-10-19(18)22(24)27/h2-5,7-10H,6,11-15H2,1H3,(H,23,25). The molecule has 3 rings (SSSR count). The monoisotopic (exact) mass is 396 g/mol. The molecule has 0 saturated carbocycles. The van der Waals surface area contributed by atoms with Gasteiger partial charge >= 0.3 is 0 Å². The van der Waals surface area contributed by atoms with E-state index in [1.807, 2.05) is 12.1 Å². The van der Waals surface area contributed by atoms with Crippen LogP contribution in [-0.2, 0) is 10.5 Å². The van der Waals surface area contributed by atoms with Gasteiger partial charge in [0.1, 0.15) is 0 Å². The van der Waals surface area contributed by atoms with Gasteiger partial charge in [-0.05, 0) is 36.6 Å². The van der Waals surface area contributed by atoms with Crippen molar-refractivity contribution in [3.63, 3.8) is 0 Å². The van der Waals surface area contributed by atoms with Crippen LogP contribution < -0.4 is 5.32 Å². The van der Waals surface area contributed by atoms with E-state index in [-0.39, 0.29) is 24.3 Å². The summed E-state index contributed by atoms with van der Waals surface area (Å²) in [6, 6.07) is 15.1. The van der Waals surface area contributed by atoms with Crippen molar-refractivity contribution in [2.75, 3.05) is 18.8 Å². The third-order valence-corrected chi connectivity index (χ3v) is 5.76. The van der Waals surface area contributed by atoms with E-state index >= 15 is 0 Å². The van der Waals surface area contributed by atoms with Crippen LogP contribution in [0.1, 0.15) is 44.7 Å². The maximum atomic E-state index is 12.3. The van der Waals surface area contributed by atoms with E-state index in [1.165, 1.54) is 16.0 Å². The van der Waals surface area contributed by atoms with Crippen LogP contribution in [0.5, 0.6) is 0 Å². The highest BCUT2D eigenvalue weighted by atomic mass is 32.2. The first kappa shape index (κ1) is 20.1. The molecule has 1 aliphatic heterocycles. The Kier molecular flexibility index (Phi) is 6.87. The Morgan fingerprint density at radius 1 is 1.00 bits per heavy atom. The van der Waals surface area contributed by atoms with Gasteiger partial charge in [-0.25, -0.2) is 0 Å². The third kappa shape index (κ3) is 4.81. The fourth-order valence-corrected chi connectivity index (χ4v) is 4.08. The lowest BCUT2D eigenvalue weighted by molar-refractivity contribution is -0.121. The molecule has 2 aromatic carbocycles. The van der Waals surface area contributed by atoms with E-state index in [9.17, 15) is 14.4 Å². The number of aryl methyl sites for hydroxylation is 1. The lowest BCUT2D eigenvalue weighted by atomic mass is 10.1. The van der Waals surface area contributed by atoms with Crippen molar-refractivity contribution in [1.82, 2.24) is 10.2 Å². The predicted molar refractivity (Wildman–Crippen MR) is 111 cm³/mol. The van der Waals surface area contributed by atoms with Crippen molar-refractivity contribution in [3.05, 3.63) is 70.8 Å². The Bertz CT molecular complexity index is 847. The molecule has 0 fully saturated rings. The first-order valence-electron chi connectivity index (χ1n) is 9.42. The molecule has 2 aromatic rings. The van der Waals surface area contributed by atoms with Gasteiger partial charge in [-0.1, -0.05) is 36.4 Å².